The quantitative estimate of drug-likeness (QED) is 0.772. The fraction of sp³-hybridized carbons (Fsp3) is 0.222. The maximum atomic E-state index is 4.95. The van der Waals surface area contributed by atoms with Gasteiger partial charge in [-0.3, -0.25) is 4.68 Å². The Morgan fingerprint density at radius 1 is 1.53 bits per heavy atom. The van der Waals surface area contributed by atoms with Gasteiger partial charge >= 0.3 is 34.5 Å². The Hall–Kier alpha value is -0.307. The SMILES string of the molecule is C1=CC[N-]C(Cn2cccn2)=C1.[Cl][Zn][Cl]. The predicted molar refractivity (Wildman–Crippen MR) is 59.4 cm³/mol. The Morgan fingerprint density at radius 3 is 2.87 bits per heavy atom. The van der Waals surface area contributed by atoms with Crippen LogP contribution >= 0.6 is 19.4 Å². The molecule has 0 spiro atoms. The Labute approximate surface area is 105 Å². The Morgan fingerprint density at radius 2 is 2.33 bits per heavy atom. The van der Waals surface area contributed by atoms with E-state index in [1.54, 1.807) is 6.20 Å². The second-order valence-electron chi connectivity index (χ2n) is 2.73. The summed E-state index contributed by atoms with van der Waals surface area (Å²) in [5.41, 5.74) is 1.08. The van der Waals surface area contributed by atoms with Crippen LogP contribution in [-0.2, 0) is 21.7 Å². The molecule has 1 aliphatic heterocycles. The molecule has 1 aromatic rings. The minimum absolute atomic E-state index is 0.775. The van der Waals surface area contributed by atoms with Crippen molar-refractivity contribution in [2.45, 2.75) is 6.54 Å². The average molecular weight is 296 g/mol. The van der Waals surface area contributed by atoms with Crippen molar-refractivity contribution in [2.24, 2.45) is 0 Å². The molecule has 0 aromatic carbocycles. The van der Waals surface area contributed by atoms with Gasteiger partial charge in [0.2, 0.25) is 0 Å². The van der Waals surface area contributed by atoms with E-state index in [2.05, 4.69) is 10.4 Å². The number of allylic oxidation sites excluding steroid dienone is 3. The molecule has 0 aliphatic carbocycles. The second-order valence-corrected chi connectivity index (χ2v) is 7.35. The van der Waals surface area contributed by atoms with E-state index < -0.39 is 15.1 Å². The summed E-state index contributed by atoms with van der Waals surface area (Å²) in [6.07, 6.45) is 9.80. The first-order valence-corrected chi connectivity index (χ1v) is 12.3. The summed E-state index contributed by atoms with van der Waals surface area (Å²) in [6, 6.07) is 1.92. The van der Waals surface area contributed by atoms with Crippen molar-refractivity contribution >= 4 is 19.4 Å². The third-order valence-corrected chi connectivity index (χ3v) is 1.71. The van der Waals surface area contributed by atoms with E-state index in [0.717, 1.165) is 18.8 Å². The monoisotopic (exact) mass is 294 g/mol. The number of hydrogen-bond acceptors (Lipinski definition) is 1. The molecule has 78 valence electrons. The molecule has 2 rings (SSSR count). The first-order chi connectivity index (χ1) is 7.36. The number of aromatic nitrogens is 2. The first-order valence-electron chi connectivity index (χ1n) is 4.49. The summed E-state index contributed by atoms with van der Waals surface area (Å²) < 4.78 is 1.87. The van der Waals surface area contributed by atoms with E-state index in [-0.39, 0.29) is 0 Å². The van der Waals surface area contributed by atoms with Crippen LogP contribution in [0.3, 0.4) is 0 Å². The van der Waals surface area contributed by atoms with Crippen LogP contribution in [0.4, 0.5) is 0 Å². The molecule has 1 aliphatic rings. The van der Waals surface area contributed by atoms with Crippen LogP contribution in [0.25, 0.3) is 5.32 Å². The van der Waals surface area contributed by atoms with Crippen LogP contribution in [0.2, 0.25) is 0 Å². The van der Waals surface area contributed by atoms with Gasteiger partial charge in [-0.1, -0.05) is 12.2 Å². The van der Waals surface area contributed by atoms with Crippen LogP contribution in [-0.4, -0.2) is 16.3 Å². The van der Waals surface area contributed by atoms with Gasteiger partial charge in [-0.25, -0.2) is 0 Å². The molecular weight excluding hydrogens is 286 g/mol. The topological polar surface area (TPSA) is 31.9 Å². The third-order valence-electron chi connectivity index (χ3n) is 1.71. The van der Waals surface area contributed by atoms with Gasteiger partial charge in [0.05, 0.1) is 0 Å². The van der Waals surface area contributed by atoms with Crippen LogP contribution in [0.1, 0.15) is 0 Å². The zero-order valence-electron chi connectivity index (χ0n) is 8.18. The van der Waals surface area contributed by atoms with Gasteiger partial charge in [-0.15, -0.1) is 18.3 Å². The van der Waals surface area contributed by atoms with Crippen molar-refractivity contribution in [1.82, 2.24) is 9.78 Å². The van der Waals surface area contributed by atoms with E-state index in [0.29, 0.717) is 0 Å². The number of hydrogen-bond donors (Lipinski definition) is 0. The van der Waals surface area contributed by atoms with Crippen LogP contribution in [0.15, 0.2) is 42.4 Å². The van der Waals surface area contributed by atoms with Crippen LogP contribution in [0.5, 0.6) is 0 Å². The molecule has 0 bridgehead atoms. The molecule has 15 heavy (non-hydrogen) atoms. The van der Waals surface area contributed by atoms with E-state index in [1.165, 1.54) is 0 Å². The standard InChI is InChI=1S/C9H10N3.2ClH.Zn/c1-2-5-10-9(4-1)8-12-7-3-6-11-12;;;/h1-4,6-7H,5,8H2;2*1H;/q-1;;;+2/p-2. The van der Waals surface area contributed by atoms with Crippen molar-refractivity contribution in [2.75, 3.05) is 6.54 Å². The molecule has 0 fully saturated rings. The van der Waals surface area contributed by atoms with E-state index in [4.69, 9.17) is 19.4 Å². The van der Waals surface area contributed by atoms with Crippen molar-refractivity contribution in [3.63, 3.8) is 0 Å². The minimum atomic E-state index is -0.931. The van der Waals surface area contributed by atoms with Crippen molar-refractivity contribution < 1.29 is 15.1 Å². The first kappa shape index (κ1) is 12.8. The summed E-state index contributed by atoms with van der Waals surface area (Å²) in [6.45, 7) is 1.57. The molecule has 0 radical (unpaired) electrons. The van der Waals surface area contributed by atoms with Gasteiger partial charge in [0.15, 0.2) is 0 Å². The van der Waals surface area contributed by atoms with Crippen LogP contribution < -0.4 is 0 Å². The molecule has 6 heteroatoms. The van der Waals surface area contributed by atoms with Crippen LogP contribution in [0, 0.1) is 0 Å². The fourth-order valence-corrected chi connectivity index (χ4v) is 1.13. The fourth-order valence-electron chi connectivity index (χ4n) is 1.13. The summed E-state index contributed by atoms with van der Waals surface area (Å²) in [5, 5.41) is 8.42. The molecule has 0 saturated carbocycles. The zero-order valence-corrected chi connectivity index (χ0v) is 12.7. The molecule has 2 heterocycles. The average Bonchev–Trinajstić information content (AvgIpc) is 2.73. The summed E-state index contributed by atoms with van der Waals surface area (Å²) in [4.78, 5) is 0. The van der Waals surface area contributed by atoms with Gasteiger partial charge in [-0.05, 0) is 6.07 Å². The molecule has 3 nitrogen and oxygen atoms in total. The van der Waals surface area contributed by atoms with Gasteiger partial charge < -0.3 is 5.32 Å². The summed E-state index contributed by atoms with van der Waals surface area (Å²) >= 11 is -0.931. The molecular formula is C9H10Cl2N3Zn-. The Balaban J connectivity index is 0.000000337. The van der Waals surface area contributed by atoms with E-state index in [9.17, 15) is 0 Å². The molecule has 0 amide bonds. The second kappa shape index (κ2) is 7.92. The van der Waals surface area contributed by atoms with Gasteiger partial charge in [-0.2, -0.15) is 5.10 Å². The number of halogens is 2. The third kappa shape index (κ3) is 5.36. The zero-order chi connectivity index (χ0) is 10.9. The summed E-state index contributed by atoms with van der Waals surface area (Å²) in [5.74, 6) is 0. The van der Waals surface area contributed by atoms with Gasteiger partial charge in [0, 0.05) is 18.9 Å². The molecule has 0 saturated heterocycles. The molecule has 0 unspecified atom stereocenters. The normalized spacial score (nSPS) is 13.1. The molecule has 0 N–H and O–H groups in total. The Kier molecular flexibility index (Phi) is 6.74. The van der Waals surface area contributed by atoms with E-state index >= 15 is 0 Å². The molecule has 1 aromatic heterocycles. The van der Waals surface area contributed by atoms with E-state index in [1.807, 2.05) is 35.2 Å². The van der Waals surface area contributed by atoms with Gasteiger partial charge in [0.25, 0.3) is 0 Å². The van der Waals surface area contributed by atoms with Crippen molar-refractivity contribution in [3.05, 3.63) is 47.7 Å². The van der Waals surface area contributed by atoms with Crippen molar-refractivity contribution in [3.8, 4) is 0 Å². The van der Waals surface area contributed by atoms with Crippen molar-refractivity contribution in [1.29, 1.82) is 0 Å². The number of rotatable bonds is 2. The number of nitrogens with zero attached hydrogens (tertiary/aromatic N) is 3. The molecule has 0 atom stereocenters. The summed E-state index contributed by atoms with van der Waals surface area (Å²) in [7, 11) is 9.90. The predicted octanol–water partition coefficient (Wildman–Crippen LogP) is 3.09. The van der Waals surface area contributed by atoms with Gasteiger partial charge in [0.1, 0.15) is 0 Å². The maximum absolute atomic E-state index is 4.95. The Bertz CT molecular complexity index is 322.